The van der Waals surface area contributed by atoms with Crippen LogP contribution in [0.4, 0.5) is 5.69 Å². The molecule has 0 spiro atoms. The van der Waals surface area contributed by atoms with E-state index in [-0.39, 0.29) is 12.1 Å². The second kappa shape index (κ2) is 9.06. The summed E-state index contributed by atoms with van der Waals surface area (Å²) in [6.07, 6.45) is 3.30. The topological polar surface area (TPSA) is 35.5 Å². The van der Waals surface area contributed by atoms with Crippen molar-refractivity contribution < 1.29 is 5.11 Å². The average molecular weight is 292 g/mol. The molecule has 0 amide bonds. The van der Waals surface area contributed by atoms with E-state index in [1.165, 1.54) is 11.3 Å². The van der Waals surface area contributed by atoms with Gasteiger partial charge in [0, 0.05) is 24.3 Å². The summed E-state index contributed by atoms with van der Waals surface area (Å²) in [6.45, 7) is 11.8. The second-order valence-corrected chi connectivity index (χ2v) is 6.12. The molecule has 120 valence electrons. The summed E-state index contributed by atoms with van der Waals surface area (Å²) in [5, 5.41) is 12.9. The van der Waals surface area contributed by atoms with Gasteiger partial charge in [-0.25, -0.2) is 0 Å². The van der Waals surface area contributed by atoms with Crippen molar-refractivity contribution in [3.63, 3.8) is 0 Å². The summed E-state index contributed by atoms with van der Waals surface area (Å²) in [5.74, 6) is 0. The van der Waals surface area contributed by atoms with Gasteiger partial charge in [0.2, 0.25) is 0 Å². The number of hydrogen-bond donors (Lipinski definition) is 2. The van der Waals surface area contributed by atoms with E-state index in [2.05, 4.69) is 62.2 Å². The Morgan fingerprint density at radius 2 is 2.00 bits per heavy atom. The lowest BCUT2D eigenvalue weighted by molar-refractivity contribution is 0.165. The summed E-state index contributed by atoms with van der Waals surface area (Å²) < 4.78 is 0. The molecule has 1 aromatic rings. The molecule has 0 saturated carbocycles. The fourth-order valence-electron chi connectivity index (χ4n) is 2.76. The van der Waals surface area contributed by atoms with E-state index in [9.17, 15) is 5.11 Å². The van der Waals surface area contributed by atoms with E-state index in [0.717, 1.165) is 38.9 Å². The number of aryl methyl sites for hydroxylation is 1. The van der Waals surface area contributed by atoms with Crippen LogP contribution in [0.1, 0.15) is 45.6 Å². The standard InChI is InChI=1S/C18H32N2O/c1-5-19-18(4,15-21)12-7-8-13-20(6-2)17-11-9-10-16(3)14-17/h9-11,14,19,21H,5-8,12-13,15H2,1-4H3. The van der Waals surface area contributed by atoms with Crippen LogP contribution in [0.5, 0.6) is 0 Å². The predicted molar refractivity (Wildman–Crippen MR) is 92.1 cm³/mol. The molecule has 0 aliphatic rings. The Labute approximate surface area is 130 Å². The van der Waals surface area contributed by atoms with Gasteiger partial charge in [-0.05, 0) is 64.3 Å². The Kier molecular flexibility index (Phi) is 7.76. The fourth-order valence-corrected chi connectivity index (χ4v) is 2.76. The molecule has 0 aliphatic heterocycles. The fraction of sp³-hybridized carbons (Fsp3) is 0.667. The Bertz CT molecular complexity index is 408. The first kappa shape index (κ1) is 18.0. The van der Waals surface area contributed by atoms with Crippen molar-refractivity contribution in [3.05, 3.63) is 29.8 Å². The molecular weight excluding hydrogens is 260 g/mol. The molecule has 1 atom stereocenters. The zero-order valence-electron chi connectivity index (χ0n) is 14.2. The van der Waals surface area contributed by atoms with Crippen LogP contribution in [0.15, 0.2) is 24.3 Å². The summed E-state index contributed by atoms with van der Waals surface area (Å²) >= 11 is 0. The van der Waals surface area contributed by atoms with Crippen LogP contribution >= 0.6 is 0 Å². The van der Waals surface area contributed by atoms with Crippen LogP contribution in [0, 0.1) is 6.92 Å². The average Bonchev–Trinajstić information content (AvgIpc) is 2.47. The number of nitrogens with zero attached hydrogens (tertiary/aromatic N) is 1. The number of unbranched alkanes of at least 4 members (excludes halogenated alkanes) is 1. The van der Waals surface area contributed by atoms with Crippen molar-refractivity contribution in [2.75, 3.05) is 31.1 Å². The highest BCUT2D eigenvalue weighted by Gasteiger charge is 2.20. The Morgan fingerprint density at radius 3 is 2.57 bits per heavy atom. The number of benzene rings is 1. The van der Waals surface area contributed by atoms with Gasteiger partial charge in [-0.15, -0.1) is 0 Å². The minimum atomic E-state index is -0.130. The minimum absolute atomic E-state index is 0.130. The SMILES string of the molecule is CCNC(C)(CO)CCCCN(CC)c1cccc(C)c1. The first-order valence-electron chi connectivity index (χ1n) is 8.22. The van der Waals surface area contributed by atoms with E-state index in [1.807, 2.05) is 0 Å². The maximum atomic E-state index is 9.51. The van der Waals surface area contributed by atoms with E-state index in [4.69, 9.17) is 0 Å². The number of hydrogen-bond acceptors (Lipinski definition) is 3. The molecule has 3 heteroatoms. The first-order valence-corrected chi connectivity index (χ1v) is 8.22. The van der Waals surface area contributed by atoms with Crippen molar-refractivity contribution >= 4 is 5.69 Å². The first-order chi connectivity index (χ1) is 10.0. The predicted octanol–water partition coefficient (Wildman–Crippen LogP) is 3.35. The third kappa shape index (κ3) is 6.06. The normalized spacial score (nSPS) is 14.0. The van der Waals surface area contributed by atoms with E-state index >= 15 is 0 Å². The van der Waals surface area contributed by atoms with Gasteiger partial charge in [-0.1, -0.05) is 19.1 Å². The molecule has 0 aliphatic carbocycles. The highest BCUT2D eigenvalue weighted by molar-refractivity contribution is 5.48. The van der Waals surface area contributed by atoms with Crippen molar-refractivity contribution in [2.24, 2.45) is 0 Å². The number of nitrogens with one attached hydrogen (secondary N) is 1. The number of aliphatic hydroxyl groups is 1. The van der Waals surface area contributed by atoms with Crippen LogP contribution in [0.25, 0.3) is 0 Å². The van der Waals surface area contributed by atoms with Crippen LogP contribution in [0.2, 0.25) is 0 Å². The third-order valence-corrected chi connectivity index (χ3v) is 4.11. The van der Waals surface area contributed by atoms with Gasteiger partial charge in [0.25, 0.3) is 0 Å². The zero-order valence-corrected chi connectivity index (χ0v) is 14.2. The van der Waals surface area contributed by atoms with Gasteiger partial charge < -0.3 is 15.3 Å². The van der Waals surface area contributed by atoms with Gasteiger partial charge in [0.05, 0.1) is 6.61 Å². The van der Waals surface area contributed by atoms with Gasteiger partial charge in [0.15, 0.2) is 0 Å². The van der Waals surface area contributed by atoms with Crippen molar-refractivity contribution in [2.45, 2.75) is 52.5 Å². The van der Waals surface area contributed by atoms with Gasteiger partial charge in [-0.2, -0.15) is 0 Å². The maximum absolute atomic E-state index is 9.51. The van der Waals surface area contributed by atoms with Gasteiger partial charge in [0.1, 0.15) is 0 Å². The molecule has 3 nitrogen and oxygen atoms in total. The molecule has 1 unspecified atom stereocenters. The maximum Gasteiger partial charge on any atom is 0.0610 e. The number of anilines is 1. The summed E-state index contributed by atoms with van der Waals surface area (Å²) in [5.41, 5.74) is 2.50. The number of aliphatic hydroxyl groups excluding tert-OH is 1. The molecular formula is C18H32N2O. The molecule has 0 saturated heterocycles. The third-order valence-electron chi connectivity index (χ3n) is 4.11. The number of likely N-dealkylation sites (N-methyl/N-ethyl adjacent to an activating group) is 1. The smallest absolute Gasteiger partial charge is 0.0610 e. The van der Waals surface area contributed by atoms with Crippen LogP contribution in [-0.2, 0) is 0 Å². The summed E-state index contributed by atoms with van der Waals surface area (Å²) in [6, 6.07) is 8.70. The Hall–Kier alpha value is -1.06. The monoisotopic (exact) mass is 292 g/mol. The van der Waals surface area contributed by atoms with Gasteiger partial charge in [-0.3, -0.25) is 0 Å². The summed E-state index contributed by atoms with van der Waals surface area (Å²) in [7, 11) is 0. The van der Waals surface area contributed by atoms with Crippen LogP contribution in [-0.4, -0.2) is 36.9 Å². The van der Waals surface area contributed by atoms with Crippen molar-refractivity contribution in [1.82, 2.24) is 5.32 Å². The van der Waals surface area contributed by atoms with Crippen LogP contribution < -0.4 is 10.2 Å². The zero-order chi connectivity index (χ0) is 15.7. The Morgan fingerprint density at radius 1 is 1.24 bits per heavy atom. The molecule has 21 heavy (non-hydrogen) atoms. The highest BCUT2D eigenvalue weighted by atomic mass is 16.3. The lowest BCUT2D eigenvalue weighted by Crippen LogP contribution is -2.45. The number of rotatable bonds is 10. The quantitative estimate of drug-likeness (QED) is 0.649. The lowest BCUT2D eigenvalue weighted by atomic mass is 9.95. The molecule has 0 heterocycles. The lowest BCUT2D eigenvalue weighted by Gasteiger charge is -2.29. The Balaban J connectivity index is 2.42. The summed E-state index contributed by atoms with van der Waals surface area (Å²) in [4.78, 5) is 2.43. The molecule has 0 bridgehead atoms. The van der Waals surface area contributed by atoms with Crippen molar-refractivity contribution in [3.8, 4) is 0 Å². The molecule has 2 N–H and O–H groups in total. The minimum Gasteiger partial charge on any atom is -0.394 e. The molecule has 1 aromatic carbocycles. The largest absolute Gasteiger partial charge is 0.394 e. The van der Waals surface area contributed by atoms with E-state index in [0.29, 0.717) is 0 Å². The highest BCUT2D eigenvalue weighted by Crippen LogP contribution is 2.18. The van der Waals surface area contributed by atoms with E-state index in [1.54, 1.807) is 0 Å². The van der Waals surface area contributed by atoms with Crippen molar-refractivity contribution in [1.29, 1.82) is 0 Å². The van der Waals surface area contributed by atoms with Gasteiger partial charge >= 0.3 is 0 Å². The molecule has 0 radical (unpaired) electrons. The second-order valence-electron chi connectivity index (χ2n) is 6.12. The van der Waals surface area contributed by atoms with E-state index < -0.39 is 0 Å². The molecule has 1 rings (SSSR count). The van der Waals surface area contributed by atoms with Crippen LogP contribution in [0.3, 0.4) is 0 Å². The molecule has 0 fully saturated rings. The molecule has 0 aromatic heterocycles.